The Bertz CT molecular complexity index is 1010. The smallest absolute Gasteiger partial charge is 0.160 e. The third kappa shape index (κ3) is 5.08. The highest BCUT2D eigenvalue weighted by Gasteiger charge is 2.20. The van der Waals surface area contributed by atoms with E-state index in [-0.39, 0.29) is 11.2 Å². The Hall–Kier alpha value is -2.24. The predicted octanol–water partition coefficient (Wildman–Crippen LogP) is 5.64. The Balaban J connectivity index is 0.000000184. The molecule has 1 aromatic carbocycles. The fraction of sp³-hybridized carbons (Fsp3) is 0.440. The first kappa shape index (κ1) is 22.4. The lowest BCUT2D eigenvalue weighted by molar-refractivity contribution is 0.101. The number of aromatic nitrogens is 2. The lowest BCUT2D eigenvalue weighted by Crippen LogP contribution is -2.23. The fourth-order valence-electron chi connectivity index (χ4n) is 3.50. The predicted molar refractivity (Wildman–Crippen MR) is 126 cm³/mol. The van der Waals surface area contributed by atoms with Gasteiger partial charge in [-0.05, 0) is 57.0 Å². The van der Waals surface area contributed by atoms with Gasteiger partial charge in [0.15, 0.2) is 5.78 Å². The molecular formula is C25H33N3OS. The molecule has 4 rings (SSSR count). The number of aryl methyl sites for hydroxylation is 2. The summed E-state index contributed by atoms with van der Waals surface area (Å²) in [5.41, 5.74) is 7.17. The van der Waals surface area contributed by atoms with Crippen molar-refractivity contribution < 1.29 is 4.79 Å². The number of thiophene rings is 1. The molecule has 0 saturated heterocycles. The summed E-state index contributed by atoms with van der Waals surface area (Å²) in [6.07, 6.45) is 2.00. The van der Waals surface area contributed by atoms with Gasteiger partial charge in [0.1, 0.15) is 0 Å². The average molecular weight is 424 g/mol. The van der Waals surface area contributed by atoms with E-state index in [1.165, 1.54) is 21.7 Å². The molecule has 3 heterocycles. The van der Waals surface area contributed by atoms with Gasteiger partial charge in [0.05, 0.1) is 11.4 Å². The molecule has 0 atom stereocenters. The largest absolute Gasteiger partial charge is 0.312 e. The van der Waals surface area contributed by atoms with Crippen LogP contribution in [0.1, 0.15) is 72.4 Å². The van der Waals surface area contributed by atoms with Gasteiger partial charge >= 0.3 is 0 Å². The average Bonchev–Trinajstić information content (AvgIpc) is 3.33. The first-order valence-corrected chi connectivity index (χ1v) is 11.6. The van der Waals surface area contributed by atoms with Crippen molar-refractivity contribution in [2.24, 2.45) is 0 Å². The highest BCUT2D eigenvalue weighted by Crippen LogP contribution is 2.26. The fourth-order valence-corrected chi connectivity index (χ4v) is 4.61. The van der Waals surface area contributed by atoms with E-state index >= 15 is 0 Å². The normalized spacial score (nSPS) is 13.4. The minimum atomic E-state index is 0.0971. The molecule has 0 aliphatic carbocycles. The second-order valence-electron chi connectivity index (χ2n) is 8.91. The highest BCUT2D eigenvalue weighted by atomic mass is 32.1. The van der Waals surface area contributed by atoms with Crippen LogP contribution in [0, 0.1) is 6.92 Å². The zero-order valence-electron chi connectivity index (χ0n) is 19.0. The molecule has 0 unspecified atom stereocenters. The van der Waals surface area contributed by atoms with Crippen molar-refractivity contribution in [1.29, 1.82) is 0 Å². The summed E-state index contributed by atoms with van der Waals surface area (Å²) < 4.78 is 2.07. The van der Waals surface area contributed by atoms with Crippen molar-refractivity contribution in [3.63, 3.8) is 0 Å². The van der Waals surface area contributed by atoms with E-state index in [1.54, 1.807) is 18.3 Å². The van der Waals surface area contributed by atoms with Gasteiger partial charge in [0, 0.05) is 33.5 Å². The van der Waals surface area contributed by atoms with Crippen LogP contribution in [0.25, 0.3) is 5.69 Å². The molecule has 0 radical (unpaired) electrons. The zero-order valence-corrected chi connectivity index (χ0v) is 19.8. The van der Waals surface area contributed by atoms with Crippen LogP contribution in [0.3, 0.4) is 0 Å². The number of carbonyl (C=O) groups excluding carboxylic acids is 1. The lowest BCUT2D eigenvalue weighted by Gasteiger charge is -2.14. The Morgan fingerprint density at radius 3 is 2.53 bits per heavy atom. The van der Waals surface area contributed by atoms with E-state index < -0.39 is 0 Å². The van der Waals surface area contributed by atoms with E-state index in [0.29, 0.717) is 0 Å². The van der Waals surface area contributed by atoms with Gasteiger partial charge in [-0.1, -0.05) is 45.4 Å². The maximum Gasteiger partial charge on any atom is 0.160 e. The lowest BCUT2D eigenvalue weighted by atomic mass is 9.92. The molecule has 4 nitrogen and oxygen atoms in total. The maximum atomic E-state index is 11.2. The summed E-state index contributed by atoms with van der Waals surface area (Å²) in [6, 6.07) is 10.8. The van der Waals surface area contributed by atoms with E-state index in [9.17, 15) is 4.79 Å². The van der Waals surface area contributed by atoms with Crippen LogP contribution < -0.4 is 5.32 Å². The molecule has 0 spiro atoms. The Morgan fingerprint density at radius 1 is 1.23 bits per heavy atom. The van der Waals surface area contributed by atoms with E-state index in [2.05, 4.69) is 74.9 Å². The Morgan fingerprint density at radius 2 is 1.93 bits per heavy atom. The molecule has 0 fully saturated rings. The molecule has 2 aromatic heterocycles. The number of carbonyl (C=O) groups is 1. The number of nitrogens with zero attached hydrogens (tertiary/aromatic N) is 2. The summed E-state index contributed by atoms with van der Waals surface area (Å²) in [5.74, 6) is 0.203. The minimum absolute atomic E-state index is 0.0971. The number of hydrogen-bond donors (Lipinski definition) is 1. The minimum Gasteiger partial charge on any atom is -0.312 e. The monoisotopic (exact) mass is 423 g/mol. The van der Waals surface area contributed by atoms with Crippen LogP contribution >= 0.6 is 11.3 Å². The maximum absolute atomic E-state index is 11.2. The van der Waals surface area contributed by atoms with Crippen molar-refractivity contribution in [1.82, 2.24) is 15.1 Å². The molecule has 160 valence electrons. The van der Waals surface area contributed by atoms with E-state index in [0.717, 1.165) is 42.9 Å². The summed E-state index contributed by atoms with van der Waals surface area (Å²) >= 11 is 1.70. The van der Waals surface area contributed by atoms with Gasteiger partial charge in [0.25, 0.3) is 0 Å². The van der Waals surface area contributed by atoms with Crippen molar-refractivity contribution in [2.75, 3.05) is 6.54 Å². The first-order valence-electron chi connectivity index (χ1n) is 10.7. The number of benzene rings is 1. The Labute approximate surface area is 184 Å². The third-order valence-corrected chi connectivity index (χ3v) is 6.42. The van der Waals surface area contributed by atoms with Gasteiger partial charge in [-0.25, -0.2) is 4.68 Å². The van der Waals surface area contributed by atoms with Gasteiger partial charge in [-0.3, -0.25) is 4.79 Å². The molecule has 0 bridgehead atoms. The molecule has 1 aliphatic heterocycles. The first-order chi connectivity index (χ1) is 14.2. The van der Waals surface area contributed by atoms with Crippen molar-refractivity contribution >= 4 is 17.1 Å². The van der Waals surface area contributed by atoms with Crippen molar-refractivity contribution in [3.05, 3.63) is 68.7 Å². The van der Waals surface area contributed by atoms with Crippen LogP contribution in [0.5, 0.6) is 0 Å². The van der Waals surface area contributed by atoms with Gasteiger partial charge < -0.3 is 5.32 Å². The number of fused-ring (bicyclic) bond motifs is 1. The van der Waals surface area contributed by atoms with Gasteiger partial charge in [-0.2, -0.15) is 5.10 Å². The number of nitrogens with one attached hydrogen (secondary N) is 1. The number of rotatable bonds is 3. The van der Waals surface area contributed by atoms with Crippen molar-refractivity contribution in [3.8, 4) is 5.69 Å². The standard InChI is InChI=1S/C16H22N2.C9H11NOS/c1-6-13-11-15(16(3,4)5)17-18(13)14-9-7-12(2)8-10-14;1-6(11)8-5-12-9-4-10-3-2-7(8)9/h7-11H,6H2,1-5H3;5,10H,2-4H2,1H3. The summed E-state index contributed by atoms with van der Waals surface area (Å²) in [5, 5.41) is 10.0. The van der Waals surface area contributed by atoms with Gasteiger partial charge in [-0.15, -0.1) is 11.3 Å². The second kappa shape index (κ2) is 9.27. The number of ketones is 1. The van der Waals surface area contributed by atoms with E-state index in [4.69, 9.17) is 5.10 Å². The third-order valence-electron chi connectivity index (χ3n) is 5.39. The summed E-state index contributed by atoms with van der Waals surface area (Å²) in [6.45, 7) is 14.5. The topological polar surface area (TPSA) is 46.9 Å². The highest BCUT2D eigenvalue weighted by molar-refractivity contribution is 7.10. The molecule has 0 amide bonds. The summed E-state index contributed by atoms with van der Waals surface area (Å²) in [4.78, 5) is 12.5. The van der Waals surface area contributed by atoms with Crippen molar-refractivity contribution in [2.45, 2.75) is 66.3 Å². The summed E-state index contributed by atoms with van der Waals surface area (Å²) in [7, 11) is 0. The van der Waals surface area contributed by atoms with Crippen LogP contribution in [0.4, 0.5) is 0 Å². The SMILES string of the molecule is CC(=O)c1csc2c1CCNC2.CCc1cc(C(C)(C)C)nn1-c1ccc(C)cc1. The van der Waals surface area contributed by atoms with Crippen LogP contribution in [0.15, 0.2) is 35.7 Å². The molecule has 5 heteroatoms. The molecule has 3 aromatic rings. The van der Waals surface area contributed by atoms with Gasteiger partial charge in [0.2, 0.25) is 0 Å². The molecule has 1 N–H and O–H groups in total. The second-order valence-corrected chi connectivity index (χ2v) is 9.87. The number of Topliss-reactive ketones (excluding diaryl/α,β-unsaturated/α-hetero) is 1. The number of hydrogen-bond acceptors (Lipinski definition) is 4. The van der Waals surface area contributed by atoms with Crippen LogP contribution in [0.2, 0.25) is 0 Å². The quantitative estimate of drug-likeness (QED) is 0.555. The molecule has 30 heavy (non-hydrogen) atoms. The molecular weight excluding hydrogens is 390 g/mol. The molecule has 1 aliphatic rings. The van der Waals surface area contributed by atoms with Crippen LogP contribution in [-0.2, 0) is 24.8 Å². The van der Waals surface area contributed by atoms with Crippen LogP contribution in [-0.4, -0.2) is 22.1 Å². The zero-order chi connectivity index (χ0) is 21.9. The molecule has 0 saturated carbocycles. The van der Waals surface area contributed by atoms with E-state index in [1.807, 2.05) is 5.38 Å². The Kier molecular flexibility index (Phi) is 6.94.